The minimum absolute atomic E-state index is 0.236. The molecule has 0 aliphatic carbocycles. The minimum atomic E-state index is -0.236. The molecule has 0 saturated carbocycles. The number of rotatable bonds is 12. The van der Waals surface area contributed by atoms with Crippen molar-refractivity contribution in [2.45, 2.75) is 78.1 Å². The normalized spacial score (nSPS) is 11.1. The molecule has 0 unspecified atom stereocenters. The monoisotopic (exact) mass is 418 g/mol. The van der Waals surface area contributed by atoms with Gasteiger partial charge in [-0.1, -0.05) is 88.8 Å². The summed E-state index contributed by atoms with van der Waals surface area (Å²) in [6, 6.07) is 13.6. The zero-order valence-corrected chi connectivity index (χ0v) is 19.0. The van der Waals surface area contributed by atoms with Crippen LogP contribution in [0.5, 0.6) is 0 Å². The lowest BCUT2D eigenvalue weighted by Crippen LogP contribution is -1.94. The number of unbranched alkanes of at least 4 members (excludes halogenated alkanes) is 6. The molecule has 2 nitrogen and oxygen atoms in total. The minimum Gasteiger partial charge on any atom is -0.236 e. The summed E-state index contributed by atoms with van der Waals surface area (Å²) in [5.74, 6) is 0.339. The van der Waals surface area contributed by atoms with Crippen LogP contribution in [-0.4, -0.2) is 9.97 Å². The smallest absolute Gasteiger partial charge is 0.159 e. The van der Waals surface area contributed by atoms with Crippen molar-refractivity contribution in [3.8, 4) is 22.5 Å². The number of nitrogens with zero attached hydrogens (tertiary/aromatic N) is 2. The maximum Gasteiger partial charge on any atom is 0.159 e. The van der Waals surface area contributed by atoms with E-state index in [-0.39, 0.29) is 5.82 Å². The second kappa shape index (κ2) is 12.3. The Bertz CT molecular complexity index is 917. The van der Waals surface area contributed by atoms with Crippen molar-refractivity contribution in [2.24, 2.45) is 0 Å². The lowest BCUT2D eigenvalue weighted by atomic mass is 9.99. The maximum atomic E-state index is 14.9. The highest BCUT2D eigenvalue weighted by Crippen LogP contribution is 2.27. The summed E-state index contributed by atoms with van der Waals surface area (Å²) in [4.78, 5) is 8.95. The first-order valence-corrected chi connectivity index (χ1v) is 11.9. The molecule has 164 valence electrons. The average Bonchev–Trinajstić information content (AvgIpc) is 2.80. The number of hydrogen-bond acceptors (Lipinski definition) is 2. The van der Waals surface area contributed by atoms with Crippen molar-refractivity contribution in [1.82, 2.24) is 9.97 Å². The summed E-state index contributed by atoms with van der Waals surface area (Å²) in [5.41, 5.74) is 4.70. The maximum absolute atomic E-state index is 14.9. The lowest BCUT2D eigenvalue weighted by Gasteiger charge is -2.08. The highest BCUT2D eigenvalue weighted by molar-refractivity contribution is 5.68. The zero-order chi connectivity index (χ0) is 21.9. The second-order valence-corrected chi connectivity index (χ2v) is 8.43. The zero-order valence-electron chi connectivity index (χ0n) is 19.0. The summed E-state index contributed by atoms with van der Waals surface area (Å²) in [7, 11) is 0. The van der Waals surface area contributed by atoms with Crippen LogP contribution in [0.3, 0.4) is 0 Å². The van der Waals surface area contributed by atoms with Gasteiger partial charge in [0.15, 0.2) is 5.82 Å². The van der Waals surface area contributed by atoms with Gasteiger partial charge in [-0.2, -0.15) is 0 Å². The van der Waals surface area contributed by atoms with E-state index in [0.29, 0.717) is 17.0 Å². The van der Waals surface area contributed by atoms with E-state index < -0.39 is 0 Å². The molecule has 3 rings (SSSR count). The van der Waals surface area contributed by atoms with Crippen LogP contribution in [0.2, 0.25) is 0 Å². The quantitative estimate of drug-likeness (QED) is 0.277. The molecule has 1 heterocycles. The molecule has 0 aliphatic rings. The topological polar surface area (TPSA) is 25.8 Å². The van der Waals surface area contributed by atoms with E-state index in [2.05, 4.69) is 35.9 Å². The summed E-state index contributed by atoms with van der Waals surface area (Å²) in [6.07, 6.45) is 15.8. The third-order valence-corrected chi connectivity index (χ3v) is 5.84. The van der Waals surface area contributed by atoms with E-state index in [1.807, 2.05) is 36.7 Å². The molecule has 0 aliphatic heterocycles. The molecule has 0 bridgehead atoms. The summed E-state index contributed by atoms with van der Waals surface area (Å²) < 4.78 is 14.9. The van der Waals surface area contributed by atoms with Crippen LogP contribution in [0.4, 0.5) is 4.39 Å². The van der Waals surface area contributed by atoms with Crippen LogP contribution in [0.15, 0.2) is 54.9 Å². The Morgan fingerprint density at radius 3 is 1.90 bits per heavy atom. The third kappa shape index (κ3) is 6.99. The van der Waals surface area contributed by atoms with Gasteiger partial charge >= 0.3 is 0 Å². The Kier molecular flexibility index (Phi) is 9.20. The first-order chi connectivity index (χ1) is 15.2. The third-order valence-electron chi connectivity index (χ3n) is 5.84. The molecular formula is C28H35FN2. The van der Waals surface area contributed by atoms with Crippen LogP contribution >= 0.6 is 0 Å². The summed E-state index contributed by atoms with van der Waals surface area (Å²) in [5, 5.41) is 0. The number of aryl methyl sites for hydroxylation is 2. The Labute approximate surface area is 187 Å². The van der Waals surface area contributed by atoms with E-state index in [0.717, 1.165) is 24.0 Å². The van der Waals surface area contributed by atoms with E-state index in [1.54, 1.807) is 6.07 Å². The van der Waals surface area contributed by atoms with Crippen LogP contribution in [0.25, 0.3) is 22.5 Å². The van der Waals surface area contributed by atoms with Gasteiger partial charge in [-0.25, -0.2) is 14.4 Å². The first-order valence-electron chi connectivity index (χ1n) is 11.9. The molecule has 0 spiro atoms. The average molecular weight is 419 g/mol. The van der Waals surface area contributed by atoms with Gasteiger partial charge in [0.2, 0.25) is 0 Å². The van der Waals surface area contributed by atoms with Gasteiger partial charge in [0.1, 0.15) is 5.82 Å². The van der Waals surface area contributed by atoms with Crippen LogP contribution in [0.1, 0.15) is 76.3 Å². The van der Waals surface area contributed by atoms with Gasteiger partial charge in [0.05, 0.1) is 0 Å². The number of benzene rings is 2. The van der Waals surface area contributed by atoms with E-state index in [4.69, 9.17) is 0 Å². The summed E-state index contributed by atoms with van der Waals surface area (Å²) >= 11 is 0. The number of halogens is 1. The van der Waals surface area contributed by atoms with Gasteiger partial charge in [0, 0.05) is 23.5 Å². The van der Waals surface area contributed by atoms with Crippen LogP contribution in [-0.2, 0) is 12.8 Å². The Morgan fingerprint density at radius 2 is 1.23 bits per heavy atom. The second-order valence-electron chi connectivity index (χ2n) is 8.43. The van der Waals surface area contributed by atoms with E-state index in [1.165, 1.54) is 56.9 Å². The highest BCUT2D eigenvalue weighted by atomic mass is 19.1. The molecule has 0 fully saturated rings. The van der Waals surface area contributed by atoms with Crippen molar-refractivity contribution >= 4 is 0 Å². The Balaban J connectivity index is 1.62. The molecule has 31 heavy (non-hydrogen) atoms. The van der Waals surface area contributed by atoms with Gasteiger partial charge in [0.25, 0.3) is 0 Å². The molecule has 1 aromatic heterocycles. The highest BCUT2D eigenvalue weighted by Gasteiger charge is 2.09. The van der Waals surface area contributed by atoms with Gasteiger partial charge in [-0.15, -0.1) is 0 Å². The number of hydrogen-bond donors (Lipinski definition) is 0. The van der Waals surface area contributed by atoms with E-state index in [9.17, 15) is 4.39 Å². The van der Waals surface area contributed by atoms with Crippen molar-refractivity contribution < 1.29 is 4.39 Å². The summed E-state index contributed by atoms with van der Waals surface area (Å²) in [6.45, 7) is 4.44. The molecule has 0 amide bonds. The molecule has 3 heteroatoms. The van der Waals surface area contributed by atoms with Crippen molar-refractivity contribution in [3.63, 3.8) is 0 Å². The van der Waals surface area contributed by atoms with Gasteiger partial charge in [-0.05, 0) is 48.4 Å². The fraction of sp³-hybridized carbons (Fsp3) is 0.429. The Morgan fingerprint density at radius 1 is 0.645 bits per heavy atom. The van der Waals surface area contributed by atoms with Crippen molar-refractivity contribution in [2.75, 3.05) is 0 Å². The standard InChI is InChI=1S/C28H35FN2/c1-3-5-7-8-10-12-23-20-30-28(31-21-23)25-17-18-26(27(29)19-25)24-15-13-22(14-16-24)11-9-6-4-2/h13-21H,3-12H2,1-2H3. The van der Waals surface area contributed by atoms with Crippen LogP contribution in [0, 0.1) is 5.82 Å². The predicted octanol–water partition coefficient (Wildman–Crippen LogP) is 8.20. The van der Waals surface area contributed by atoms with E-state index >= 15 is 0 Å². The molecular weight excluding hydrogens is 383 g/mol. The van der Waals surface area contributed by atoms with Crippen molar-refractivity contribution in [1.29, 1.82) is 0 Å². The van der Waals surface area contributed by atoms with Gasteiger partial charge < -0.3 is 0 Å². The molecule has 0 saturated heterocycles. The molecule has 2 aromatic carbocycles. The molecule has 0 radical (unpaired) electrons. The predicted molar refractivity (Wildman–Crippen MR) is 129 cm³/mol. The first kappa shape index (κ1) is 23.1. The van der Waals surface area contributed by atoms with Crippen molar-refractivity contribution in [3.05, 3.63) is 71.8 Å². The Hall–Kier alpha value is -2.55. The lowest BCUT2D eigenvalue weighted by molar-refractivity contribution is 0.630. The fourth-order valence-electron chi connectivity index (χ4n) is 3.88. The molecule has 0 N–H and O–H groups in total. The largest absolute Gasteiger partial charge is 0.236 e. The molecule has 3 aromatic rings. The van der Waals surface area contributed by atoms with Gasteiger partial charge in [-0.3, -0.25) is 0 Å². The number of aromatic nitrogens is 2. The van der Waals surface area contributed by atoms with Crippen LogP contribution < -0.4 is 0 Å². The molecule has 0 atom stereocenters. The fourth-order valence-corrected chi connectivity index (χ4v) is 3.88. The SMILES string of the molecule is CCCCCCCc1cnc(-c2ccc(-c3ccc(CCCCC)cc3)c(F)c2)nc1.